The predicted octanol–water partition coefficient (Wildman–Crippen LogP) is -10.9. The summed E-state index contributed by atoms with van der Waals surface area (Å²) < 4.78 is 49.1. The van der Waals surface area contributed by atoms with Gasteiger partial charge in [0.15, 0.2) is 31.5 Å². The molecule has 5 saturated heterocycles. The molecule has 0 aromatic heterocycles. The van der Waals surface area contributed by atoms with Gasteiger partial charge in [-0.25, -0.2) is 0 Å². The first-order chi connectivity index (χ1) is 25.9. The second-order valence-corrected chi connectivity index (χ2v) is 14.0. The van der Waals surface area contributed by atoms with Crippen molar-refractivity contribution < 1.29 is 124 Å². The molecule has 0 bridgehead atoms. The van der Waals surface area contributed by atoms with Crippen LogP contribution in [0, 0.1) is 0 Å². The highest BCUT2D eigenvalue weighted by molar-refractivity contribution is 4.98. The van der Waals surface area contributed by atoms with Crippen LogP contribution in [-0.4, -0.2) is 262 Å². The maximum absolute atomic E-state index is 11.3. The number of hydrogen-bond acceptors (Lipinski definition) is 25. The fourth-order valence-corrected chi connectivity index (χ4v) is 6.84. The van der Waals surface area contributed by atoms with Crippen molar-refractivity contribution in [3.8, 4) is 0 Å². The molecule has 322 valence electrons. The van der Waals surface area contributed by atoms with E-state index in [0.29, 0.717) is 0 Å². The van der Waals surface area contributed by atoms with E-state index in [0.717, 1.165) is 0 Å². The van der Waals surface area contributed by atoms with Gasteiger partial charge in [0.2, 0.25) is 0 Å². The fourth-order valence-electron chi connectivity index (χ4n) is 6.84. The van der Waals surface area contributed by atoms with E-state index in [1.807, 2.05) is 0 Å². The molecule has 5 fully saturated rings. The monoisotopic (exact) mass is 812 g/mol. The van der Waals surface area contributed by atoms with Gasteiger partial charge in [-0.3, -0.25) is 0 Å². The van der Waals surface area contributed by atoms with Crippen molar-refractivity contribution in [3.05, 3.63) is 0 Å². The van der Waals surface area contributed by atoms with Crippen LogP contribution in [0.2, 0.25) is 0 Å². The van der Waals surface area contributed by atoms with Crippen molar-refractivity contribution in [2.75, 3.05) is 26.4 Å². The zero-order chi connectivity index (χ0) is 40.6. The molecular formula is C30H52O25. The minimum atomic E-state index is -1.91. The average molecular weight is 813 g/mol. The van der Waals surface area contributed by atoms with Crippen molar-refractivity contribution in [1.29, 1.82) is 0 Å². The van der Waals surface area contributed by atoms with Gasteiger partial charge in [-0.1, -0.05) is 0 Å². The summed E-state index contributed by atoms with van der Waals surface area (Å²) in [6.45, 7) is -1.97. The molecular weight excluding hydrogens is 760 g/mol. The Hall–Kier alpha value is -1.00. The van der Waals surface area contributed by atoms with Gasteiger partial charge in [-0.2, -0.15) is 0 Å². The van der Waals surface area contributed by atoms with E-state index in [1.54, 1.807) is 0 Å². The van der Waals surface area contributed by atoms with E-state index in [9.17, 15) is 81.7 Å². The Morgan fingerprint density at radius 1 is 0.455 bits per heavy atom. The van der Waals surface area contributed by atoms with Gasteiger partial charge in [0.05, 0.1) is 32.5 Å². The molecule has 5 aliphatic heterocycles. The smallest absolute Gasteiger partial charge is 0.187 e. The summed E-state index contributed by atoms with van der Waals surface area (Å²) in [6.07, 6.45) is -42.4. The SMILES string of the molecule is C[C@@H]1O[C@@H](O[C@H]2[C@H](O[C@H](CO)[C@@H]3O[C@@H](OC[C@@H](O)[C@@H]4O[C@@H](O)[C@H](O)[C@H]4O)[C@H](O)[C@H]3O)O[C@@H]([C@H](O)CO[C@@H]3O[C@@H]([C@H](O)CO)[C@H](O)[C@H]3O)[C@@H]2O)[C@H](O)[C@H](O)[C@H]1O. The summed E-state index contributed by atoms with van der Waals surface area (Å²) in [5, 5.41) is 164. The highest BCUT2D eigenvalue weighted by Crippen LogP contribution is 2.35. The zero-order valence-corrected chi connectivity index (χ0v) is 29.1. The zero-order valence-electron chi connectivity index (χ0n) is 29.1. The van der Waals surface area contributed by atoms with E-state index in [2.05, 4.69) is 0 Å². The lowest BCUT2D eigenvalue weighted by Gasteiger charge is -2.40. The number of ether oxygens (including phenoxy) is 9. The van der Waals surface area contributed by atoms with Crippen LogP contribution >= 0.6 is 0 Å². The first kappa shape index (κ1) is 45.1. The largest absolute Gasteiger partial charge is 0.394 e. The summed E-state index contributed by atoms with van der Waals surface area (Å²) in [6, 6.07) is 0. The number of hydrogen-bond donors (Lipinski definition) is 16. The van der Waals surface area contributed by atoms with Crippen LogP contribution in [0.25, 0.3) is 0 Å². The molecule has 0 saturated carbocycles. The molecule has 0 amide bonds. The van der Waals surface area contributed by atoms with E-state index in [-0.39, 0.29) is 0 Å². The Balaban J connectivity index is 1.27. The van der Waals surface area contributed by atoms with E-state index in [4.69, 9.17) is 42.6 Å². The minimum absolute atomic E-state index is 0.726. The first-order valence-corrected chi connectivity index (χ1v) is 17.5. The van der Waals surface area contributed by atoms with E-state index in [1.165, 1.54) is 6.92 Å². The summed E-state index contributed by atoms with van der Waals surface area (Å²) in [7, 11) is 0. The molecule has 25 atom stereocenters. The third-order valence-electron chi connectivity index (χ3n) is 10.2. The molecule has 0 radical (unpaired) electrons. The van der Waals surface area contributed by atoms with Crippen molar-refractivity contribution in [2.45, 2.75) is 160 Å². The van der Waals surface area contributed by atoms with Gasteiger partial charge < -0.3 is 124 Å². The quantitative estimate of drug-likeness (QED) is 0.0688. The molecule has 5 heterocycles. The van der Waals surface area contributed by atoms with Crippen molar-refractivity contribution in [2.24, 2.45) is 0 Å². The van der Waals surface area contributed by atoms with Crippen LogP contribution in [0.5, 0.6) is 0 Å². The molecule has 0 spiro atoms. The van der Waals surface area contributed by atoms with Gasteiger partial charge in [0, 0.05) is 0 Å². The van der Waals surface area contributed by atoms with E-state index >= 15 is 0 Å². The molecule has 5 rings (SSSR count). The Morgan fingerprint density at radius 2 is 0.927 bits per heavy atom. The predicted molar refractivity (Wildman–Crippen MR) is 165 cm³/mol. The van der Waals surface area contributed by atoms with Crippen LogP contribution < -0.4 is 0 Å². The molecule has 25 nitrogen and oxygen atoms in total. The summed E-state index contributed by atoms with van der Waals surface area (Å²) in [4.78, 5) is 0. The Bertz CT molecular complexity index is 1190. The van der Waals surface area contributed by atoms with Crippen LogP contribution in [-0.2, 0) is 42.6 Å². The normalized spacial score (nSPS) is 50.0. The standard InChI is InChI=1S/C30H52O25/c1-6-11(36)12(37)17(42)29(49-6)55-25-20(45)23(9(35)5-47-27-18(43)14(39)21(52-27)7(33)2-31)53-30(25)50-10(3-32)24-15(40)19(44)28(54-24)48-4-8(34)22-13(38)16(41)26(46)51-22/h6-46H,2-5H2,1H3/t6-,7+,8+,9+,10+,11-,12+,13+,14+,15+,16+,17+,18+,19+,20-,21-,22-,23-,24-,25+,26+,27+,28+,29-,30+/m0/s1. The highest BCUT2D eigenvalue weighted by atomic mass is 16.8. The molecule has 0 aliphatic carbocycles. The van der Waals surface area contributed by atoms with Crippen molar-refractivity contribution in [1.82, 2.24) is 0 Å². The van der Waals surface area contributed by atoms with Crippen molar-refractivity contribution in [3.63, 3.8) is 0 Å². The highest BCUT2D eigenvalue weighted by Gasteiger charge is 2.56. The molecule has 25 heteroatoms. The van der Waals surface area contributed by atoms with Crippen molar-refractivity contribution >= 4 is 0 Å². The maximum atomic E-state index is 11.3. The summed E-state index contributed by atoms with van der Waals surface area (Å²) in [5.41, 5.74) is 0. The second kappa shape index (κ2) is 18.9. The molecule has 0 unspecified atom stereocenters. The van der Waals surface area contributed by atoms with Crippen LogP contribution in [0.1, 0.15) is 6.92 Å². The molecule has 0 aromatic rings. The maximum Gasteiger partial charge on any atom is 0.187 e. The van der Waals surface area contributed by atoms with Crippen LogP contribution in [0.15, 0.2) is 0 Å². The lowest BCUT2D eigenvalue weighted by molar-refractivity contribution is -0.326. The van der Waals surface area contributed by atoms with Gasteiger partial charge in [0.25, 0.3) is 0 Å². The Labute approximate surface area is 311 Å². The average Bonchev–Trinajstić information content (AvgIpc) is 3.82. The number of rotatable bonds is 16. The number of aliphatic hydroxyl groups excluding tert-OH is 16. The molecule has 55 heavy (non-hydrogen) atoms. The van der Waals surface area contributed by atoms with Gasteiger partial charge in [-0.15, -0.1) is 0 Å². The third-order valence-corrected chi connectivity index (χ3v) is 10.2. The van der Waals surface area contributed by atoms with Gasteiger partial charge in [-0.05, 0) is 6.92 Å². The van der Waals surface area contributed by atoms with Crippen LogP contribution in [0.3, 0.4) is 0 Å². The lowest BCUT2D eigenvalue weighted by Crippen LogP contribution is -2.59. The summed E-state index contributed by atoms with van der Waals surface area (Å²) >= 11 is 0. The van der Waals surface area contributed by atoms with Gasteiger partial charge >= 0.3 is 0 Å². The number of aliphatic hydroxyl groups is 16. The molecule has 16 N–H and O–H groups in total. The van der Waals surface area contributed by atoms with E-state index < -0.39 is 180 Å². The Morgan fingerprint density at radius 3 is 1.45 bits per heavy atom. The lowest BCUT2D eigenvalue weighted by atomic mass is 9.99. The topological polar surface area (TPSA) is 407 Å². The minimum Gasteiger partial charge on any atom is -0.394 e. The third kappa shape index (κ3) is 9.42. The van der Waals surface area contributed by atoms with Crippen LogP contribution in [0.4, 0.5) is 0 Å². The fraction of sp³-hybridized carbons (Fsp3) is 1.00. The first-order valence-electron chi connectivity index (χ1n) is 17.5. The Kier molecular flexibility index (Phi) is 15.5. The van der Waals surface area contributed by atoms with Gasteiger partial charge in [0.1, 0.15) is 116 Å². The molecule has 5 aliphatic rings. The summed E-state index contributed by atoms with van der Waals surface area (Å²) in [5.74, 6) is 0. The molecule has 0 aromatic carbocycles. The second-order valence-electron chi connectivity index (χ2n) is 14.0.